The summed E-state index contributed by atoms with van der Waals surface area (Å²) in [6.45, 7) is 5.00. The lowest BCUT2D eigenvalue weighted by atomic mass is 9.95. The molecule has 0 bridgehead atoms. The zero-order chi connectivity index (χ0) is 12.8. The van der Waals surface area contributed by atoms with Crippen molar-refractivity contribution in [2.75, 3.05) is 18.6 Å². The van der Waals surface area contributed by atoms with Crippen LogP contribution in [-0.2, 0) is 0 Å². The van der Waals surface area contributed by atoms with Crippen molar-refractivity contribution in [1.82, 2.24) is 5.32 Å². The van der Waals surface area contributed by atoms with Crippen LogP contribution in [0, 0.1) is 11.7 Å². The zero-order valence-corrected chi connectivity index (χ0v) is 12.0. The van der Waals surface area contributed by atoms with Gasteiger partial charge in [0, 0.05) is 16.6 Å². The first kappa shape index (κ1) is 14.8. The predicted octanol–water partition coefficient (Wildman–Crippen LogP) is 4.13. The van der Waals surface area contributed by atoms with Crippen molar-refractivity contribution in [2.45, 2.75) is 19.9 Å². The number of hydrogen-bond donors (Lipinski definition) is 1. The third-order valence-electron chi connectivity index (χ3n) is 2.72. The Morgan fingerprint density at radius 3 is 2.71 bits per heavy atom. The van der Waals surface area contributed by atoms with E-state index in [1.165, 1.54) is 6.07 Å². The van der Waals surface area contributed by atoms with Gasteiger partial charge in [-0.25, -0.2) is 4.39 Å². The van der Waals surface area contributed by atoms with Crippen molar-refractivity contribution in [1.29, 1.82) is 0 Å². The lowest BCUT2D eigenvalue weighted by Gasteiger charge is -2.25. The van der Waals surface area contributed by atoms with Crippen molar-refractivity contribution in [3.05, 3.63) is 34.6 Å². The standard InChI is InChI=1S/C13H19ClFNS/c1-4-16-13(9(2)8-17-3)11-6-5-10(14)7-12(11)15/h5-7,9,13,16H,4,8H2,1-3H3. The molecule has 1 aromatic rings. The average Bonchev–Trinajstić information content (AvgIpc) is 2.27. The van der Waals surface area contributed by atoms with E-state index in [9.17, 15) is 4.39 Å². The third-order valence-corrected chi connectivity index (χ3v) is 3.81. The summed E-state index contributed by atoms with van der Waals surface area (Å²) < 4.78 is 13.9. The summed E-state index contributed by atoms with van der Waals surface area (Å²) in [4.78, 5) is 0. The lowest BCUT2D eigenvalue weighted by molar-refractivity contribution is 0.411. The zero-order valence-electron chi connectivity index (χ0n) is 10.5. The van der Waals surface area contributed by atoms with E-state index >= 15 is 0 Å². The van der Waals surface area contributed by atoms with Crippen molar-refractivity contribution in [3.63, 3.8) is 0 Å². The fraction of sp³-hybridized carbons (Fsp3) is 0.538. The number of thioether (sulfide) groups is 1. The lowest BCUT2D eigenvalue weighted by Crippen LogP contribution is -2.28. The highest BCUT2D eigenvalue weighted by atomic mass is 35.5. The van der Waals surface area contributed by atoms with Gasteiger partial charge in [0.15, 0.2) is 0 Å². The monoisotopic (exact) mass is 275 g/mol. The van der Waals surface area contributed by atoms with Crippen LogP contribution in [0.15, 0.2) is 18.2 Å². The Hall–Kier alpha value is -0.250. The molecule has 1 aromatic carbocycles. The molecule has 17 heavy (non-hydrogen) atoms. The Morgan fingerprint density at radius 2 is 2.18 bits per heavy atom. The molecule has 4 heteroatoms. The fourth-order valence-corrected chi connectivity index (χ4v) is 2.83. The normalized spacial score (nSPS) is 14.6. The number of benzene rings is 1. The van der Waals surface area contributed by atoms with E-state index in [0.29, 0.717) is 16.5 Å². The first-order valence-electron chi connectivity index (χ1n) is 5.77. The maximum atomic E-state index is 13.9. The molecule has 0 radical (unpaired) electrons. The molecule has 0 saturated heterocycles. The van der Waals surface area contributed by atoms with Crippen LogP contribution in [0.4, 0.5) is 4.39 Å². The van der Waals surface area contributed by atoms with Gasteiger partial charge >= 0.3 is 0 Å². The molecular formula is C13H19ClFNS. The summed E-state index contributed by atoms with van der Waals surface area (Å²) in [5, 5.41) is 3.79. The summed E-state index contributed by atoms with van der Waals surface area (Å²) in [6, 6.07) is 4.95. The summed E-state index contributed by atoms with van der Waals surface area (Å²) in [5.41, 5.74) is 0.706. The number of rotatable bonds is 6. The Kier molecular flexibility index (Phi) is 6.31. The molecule has 2 unspecified atom stereocenters. The van der Waals surface area contributed by atoms with Crippen molar-refractivity contribution in [2.24, 2.45) is 5.92 Å². The van der Waals surface area contributed by atoms with Crippen LogP contribution in [0.5, 0.6) is 0 Å². The number of nitrogens with one attached hydrogen (secondary N) is 1. The van der Waals surface area contributed by atoms with Gasteiger partial charge in [0.2, 0.25) is 0 Å². The first-order chi connectivity index (χ1) is 8.10. The van der Waals surface area contributed by atoms with Crippen LogP contribution in [0.2, 0.25) is 5.02 Å². The van der Waals surface area contributed by atoms with Crippen molar-refractivity contribution < 1.29 is 4.39 Å². The summed E-state index contributed by atoms with van der Waals surface area (Å²) in [7, 11) is 0. The van der Waals surface area contributed by atoms with E-state index in [1.807, 2.05) is 6.92 Å². The van der Waals surface area contributed by atoms with Gasteiger partial charge in [-0.3, -0.25) is 0 Å². The van der Waals surface area contributed by atoms with Gasteiger partial charge in [-0.1, -0.05) is 31.5 Å². The second-order valence-electron chi connectivity index (χ2n) is 4.13. The average molecular weight is 276 g/mol. The van der Waals surface area contributed by atoms with E-state index in [1.54, 1.807) is 23.9 Å². The second kappa shape index (κ2) is 7.24. The second-order valence-corrected chi connectivity index (χ2v) is 5.48. The minimum absolute atomic E-state index is 0.0460. The van der Waals surface area contributed by atoms with E-state index in [0.717, 1.165) is 12.3 Å². The van der Waals surface area contributed by atoms with Gasteiger partial charge in [0.25, 0.3) is 0 Å². The molecule has 2 atom stereocenters. The largest absolute Gasteiger partial charge is 0.310 e. The summed E-state index contributed by atoms with van der Waals surface area (Å²) >= 11 is 7.55. The predicted molar refractivity (Wildman–Crippen MR) is 75.4 cm³/mol. The molecule has 0 spiro atoms. The molecule has 1 nitrogen and oxygen atoms in total. The minimum atomic E-state index is -0.226. The van der Waals surface area contributed by atoms with Crippen LogP contribution in [0.1, 0.15) is 25.5 Å². The van der Waals surface area contributed by atoms with E-state index in [4.69, 9.17) is 11.6 Å². The molecule has 0 fully saturated rings. The Bertz CT molecular complexity index is 359. The SMILES string of the molecule is CCNC(c1ccc(Cl)cc1F)C(C)CSC. The maximum absolute atomic E-state index is 13.9. The van der Waals surface area contributed by atoms with Gasteiger partial charge in [0.05, 0.1) is 0 Å². The summed E-state index contributed by atoms with van der Waals surface area (Å²) in [6.07, 6.45) is 2.07. The van der Waals surface area contributed by atoms with Gasteiger partial charge in [-0.05, 0) is 36.6 Å². The molecule has 0 aliphatic heterocycles. The molecule has 0 amide bonds. The topological polar surface area (TPSA) is 12.0 Å². The van der Waals surface area contributed by atoms with Gasteiger partial charge in [0.1, 0.15) is 5.82 Å². The molecular weight excluding hydrogens is 257 g/mol. The highest BCUT2D eigenvalue weighted by molar-refractivity contribution is 7.98. The molecule has 0 saturated carbocycles. The summed E-state index contributed by atoms with van der Waals surface area (Å²) in [5.74, 6) is 1.15. The van der Waals surface area contributed by atoms with Crippen molar-refractivity contribution >= 4 is 23.4 Å². The van der Waals surface area contributed by atoms with Crippen LogP contribution < -0.4 is 5.32 Å². The molecule has 96 valence electrons. The van der Waals surface area contributed by atoms with Crippen molar-refractivity contribution in [3.8, 4) is 0 Å². The molecule has 1 N–H and O–H groups in total. The molecule has 0 aliphatic rings. The number of hydrogen-bond acceptors (Lipinski definition) is 2. The van der Waals surface area contributed by atoms with Gasteiger partial charge < -0.3 is 5.32 Å². The fourth-order valence-electron chi connectivity index (χ4n) is 1.95. The van der Waals surface area contributed by atoms with Crippen LogP contribution in [0.25, 0.3) is 0 Å². The highest BCUT2D eigenvalue weighted by Gasteiger charge is 2.21. The highest BCUT2D eigenvalue weighted by Crippen LogP contribution is 2.28. The quantitative estimate of drug-likeness (QED) is 0.838. The van der Waals surface area contributed by atoms with Crippen LogP contribution in [0.3, 0.4) is 0 Å². The molecule has 0 aromatic heterocycles. The van der Waals surface area contributed by atoms with E-state index in [2.05, 4.69) is 18.5 Å². The number of halogens is 2. The Balaban J connectivity index is 2.96. The third kappa shape index (κ3) is 4.16. The Morgan fingerprint density at radius 1 is 1.47 bits per heavy atom. The smallest absolute Gasteiger partial charge is 0.129 e. The molecule has 0 heterocycles. The van der Waals surface area contributed by atoms with Crippen LogP contribution >= 0.6 is 23.4 Å². The molecule has 1 rings (SSSR count). The van der Waals surface area contributed by atoms with E-state index in [-0.39, 0.29) is 11.9 Å². The van der Waals surface area contributed by atoms with Gasteiger partial charge in [-0.15, -0.1) is 0 Å². The molecule has 0 aliphatic carbocycles. The minimum Gasteiger partial charge on any atom is -0.310 e. The maximum Gasteiger partial charge on any atom is 0.129 e. The first-order valence-corrected chi connectivity index (χ1v) is 7.54. The van der Waals surface area contributed by atoms with Crippen LogP contribution in [-0.4, -0.2) is 18.6 Å². The van der Waals surface area contributed by atoms with E-state index < -0.39 is 0 Å². The Labute approximate surface area is 112 Å². The van der Waals surface area contributed by atoms with Gasteiger partial charge in [-0.2, -0.15) is 11.8 Å².